The number of nitrogens with one attached hydrogen (secondary N) is 2. The standard InChI is InChI=1S/C34H32N2O3/c1-22-12-14-24(15-13-22)26-18-29-33(30(37)19-26)34(36-28-11-7-6-10-27(28)35-29)25-16-17-31(32(20-25)38-2)39-21-23-8-4-3-5-9-23/h3-17,20,26,34-36H,18-19,21H2,1-2H3/t26-,34-/m1/s1. The summed E-state index contributed by atoms with van der Waals surface area (Å²) in [5.74, 6) is 1.60. The number of hydrogen-bond donors (Lipinski definition) is 2. The summed E-state index contributed by atoms with van der Waals surface area (Å²) in [6.45, 7) is 2.53. The number of methoxy groups -OCH3 is 1. The molecular weight excluding hydrogens is 484 g/mol. The molecule has 0 saturated heterocycles. The van der Waals surface area contributed by atoms with E-state index < -0.39 is 0 Å². The van der Waals surface area contributed by atoms with Crippen molar-refractivity contribution in [3.05, 3.63) is 131 Å². The number of benzene rings is 4. The van der Waals surface area contributed by atoms with Gasteiger partial charge in [0.25, 0.3) is 0 Å². The van der Waals surface area contributed by atoms with Crippen LogP contribution in [0.25, 0.3) is 0 Å². The van der Waals surface area contributed by atoms with E-state index in [2.05, 4.69) is 47.9 Å². The van der Waals surface area contributed by atoms with Crippen LogP contribution in [-0.2, 0) is 11.4 Å². The zero-order chi connectivity index (χ0) is 26.8. The van der Waals surface area contributed by atoms with Crippen LogP contribution in [0.5, 0.6) is 11.5 Å². The van der Waals surface area contributed by atoms with Gasteiger partial charge < -0.3 is 20.1 Å². The van der Waals surface area contributed by atoms with Gasteiger partial charge in [0.1, 0.15) is 6.61 Å². The Kier molecular flexibility index (Phi) is 6.80. The molecule has 0 aromatic heterocycles. The van der Waals surface area contributed by atoms with E-state index in [1.165, 1.54) is 11.1 Å². The second-order valence-electron chi connectivity index (χ2n) is 10.3. The predicted molar refractivity (Wildman–Crippen MR) is 155 cm³/mol. The highest BCUT2D eigenvalue weighted by molar-refractivity contribution is 6.01. The van der Waals surface area contributed by atoms with Crippen molar-refractivity contribution in [2.75, 3.05) is 17.7 Å². The highest BCUT2D eigenvalue weighted by Gasteiger charge is 2.36. The third-order valence-electron chi connectivity index (χ3n) is 7.62. The van der Waals surface area contributed by atoms with Crippen LogP contribution in [0, 0.1) is 6.92 Å². The number of anilines is 2. The largest absolute Gasteiger partial charge is 0.493 e. The van der Waals surface area contributed by atoms with E-state index >= 15 is 0 Å². The molecular formula is C34H32N2O3. The van der Waals surface area contributed by atoms with Gasteiger partial charge in [-0.3, -0.25) is 4.79 Å². The molecule has 0 amide bonds. The lowest BCUT2D eigenvalue weighted by atomic mass is 9.78. The Morgan fingerprint density at radius 2 is 1.51 bits per heavy atom. The average Bonchev–Trinajstić information content (AvgIpc) is 3.14. The first-order valence-electron chi connectivity index (χ1n) is 13.4. The van der Waals surface area contributed by atoms with Gasteiger partial charge in [0, 0.05) is 17.7 Å². The number of ketones is 1. The normalized spacial score (nSPS) is 18.3. The quantitative estimate of drug-likeness (QED) is 0.277. The zero-order valence-corrected chi connectivity index (χ0v) is 22.2. The Bertz CT molecular complexity index is 1530. The maximum absolute atomic E-state index is 13.9. The number of hydrogen-bond acceptors (Lipinski definition) is 5. The molecule has 0 spiro atoms. The van der Waals surface area contributed by atoms with Crippen LogP contribution in [0.1, 0.15) is 47.1 Å². The highest BCUT2D eigenvalue weighted by atomic mass is 16.5. The van der Waals surface area contributed by atoms with Crippen LogP contribution in [-0.4, -0.2) is 12.9 Å². The second-order valence-corrected chi connectivity index (χ2v) is 10.3. The van der Waals surface area contributed by atoms with Crippen molar-refractivity contribution in [2.45, 2.75) is 38.3 Å². The van der Waals surface area contributed by atoms with E-state index in [1.54, 1.807) is 7.11 Å². The first-order valence-corrected chi connectivity index (χ1v) is 13.4. The first-order chi connectivity index (χ1) is 19.1. The van der Waals surface area contributed by atoms with E-state index in [0.717, 1.165) is 40.2 Å². The molecule has 4 aromatic rings. The van der Waals surface area contributed by atoms with Gasteiger partial charge in [-0.05, 0) is 60.2 Å². The molecule has 2 N–H and O–H groups in total. The molecule has 0 bridgehead atoms. The van der Waals surface area contributed by atoms with Crippen LogP contribution >= 0.6 is 0 Å². The Labute approximate surface area is 229 Å². The molecule has 0 radical (unpaired) electrons. The SMILES string of the molecule is COc1cc([C@H]2Nc3ccccc3NC3=C2C(=O)C[C@H](c2ccc(C)cc2)C3)ccc1OCc1ccccc1. The summed E-state index contributed by atoms with van der Waals surface area (Å²) < 4.78 is 11.8. The van der Waals surface area contributed by atoms with Crippen LogP contribution in [0.2, 0.25) is 0 Å². The maximum atomic E-state index is 13.9. The smallest absolute Gasteiger partial charge is 0.163 e. The van der Waals surface area contributed by atoms with E-state index in [0.29, 0.717) is 24.5 Å². The molecule has 6 rings (SSSR count). The van der Waals surface area contributed by atoms with Crippen LogP contribution < -0.4 is 20.1 Å². The van der Waals surface area contributed by atoms with Crippen LogP contribution in [0.4, 0.5) is 11.4 Å². The van der Waals surface area contributed by atoms with Gasteiger partial charge in [0.2, 0.25) is 0 Å². The van der Waals surface area contributed by atoms with Crippen molar-refractivity contribution < 1.29 is 14.3 Å². The van der Waals surface area contributed by atoms with E-state index in [4.69, 9.17) is 9.47 Å². The van der Waals surface area contributed by atoms with E-state index in [9.17, 15) is 4.79 Å². The van der Waals surface area contributed by atoms with Crippen molar-refractivity contribution >= 4 is 17.2 Å². The predicted octanol–water partition coefficient (Wildman–Crippen LogP) is 7.56. The molecule has 2 atom stereocenters. The van der Waals surface area contributed by atoms with Crippen molar-refractivity contribution in [3.63, 3.8) is 0 Å². The minimum Gasteiger partial charge on any atom is -0.493 e. The summed E-state index contributed by atoms with van der Waals surface area (Å²) in [5, 5.41) is 7.28. The topological polar surface area (TPSA) is 59.6 Å². The van der Waals surface area contributed by atoms with Crippen LogP contribution in [0.15, 0.2) is 108 Å². The number of rotatable bonds is 6. The number of aryl methyl sites for hydroxylation is 1. The Hall–Kier alpha value is -4.51. The van der Waals surface area contributed by atoms with Gasteiger partial charge in [0.05, 0.1) is 24.5 Å². The third-order valence-corrected chi connectivity index (χ3v) is 7.62. The summed E-state index contributed by atoms with van der Waals surface area (Å²) in [6, 6.07) is 32.3. The molecule has 0 unspecified atom stereocenters. The van der Waals surface area contributed by atoms with Crippen molar-refractivity contribution in [2.24, 2.45) is 0 Å². The van der Waals surface area contributed by atoms with E-state index in [1.807, 2.05) is 66.7 Å². The number of allylic oxidation sites excluding steroid dienone is 1. The number of ether oxygens (including phenoxy) is 2. The third kappa shape index (κ3) is 5.13. The first kappa shape index (κ1) is 24.8. The second kappa shape index (κ2) is 10.7. The summed E-state index contributed by atoms with van der Waals surface area (Å²) in [5.41, 5.74) is 8.15. The molecule has 39 heavy (non-hydrogen) atoms. The van der Waals surface area contributed by atoms with Crippen LogP contribution in [0.3, 0.4) is 0 Å². The van der Waals surface area contributed by atoms with Gasteiger partial charge in [-0.25, -0.2) is 0 Å². The molecule has 4 aromatic carbocycles. The summed E-state index contributed by atoms with van der Waals surface area (Å²) in [7, 11) is 1.65. The molecule has 1 aliphatic heterocycles. The average molecular weight is 517 g/mol. The number of para-hydroxylation sites is 2. The number of carbonyl (C=O) groups excluding carboxylic acids is 1. The van der Waals surface area contributed by atoms with Crippen molar-refractivity contribution in [3.8, 4) is 11.5 Å². The van der Waals surface area contributed by atoms with Crippen molar-refractivity contribution in [1.29, 1.82) is 0 Å². The number of carbonyl (C=O) groups is 1. The Morgan fingerprint density at radius 3 is 2.28 bits per heavy atom. The van der Waals surface area contributed by atoms with Gasteiger partial charge in [-0.2, -0.15) is 0 Å². The number of fused-ring (bicyclic) bond motifs is 1. The molecule has 1 heterocycles. The van der Waals surface area contributed by atoms with E-state index in [-0.39, 0.29) is 17.7 Å². The molecule has 0 fully saturated rings. The lowest BCUT2D eigenvalue weighted by Crippen LogP contribution is -2.26. The fourth-order valence-corrected chi connectivity index (χ4v) is 5.53. The molecule has 196 valence electrons. The zero-order valence-electron chi connectivity index (χ0n) is 22.2. The summed E-state index contributed by atoms with van der Waals surface area (Å²) in [6.07, 6.45) is 1.25. The lowest BCUT2D eigenvalue weighted by molar-refractivity contribution is -0.116. The monoisotopic (exact) mass is 516 g/mol. The highest BCUT2D eigenvalue weighted by Crippen LogP contribution is 2.45. The molecule has 0 saturated carbocycles. The fourth-order valence-electron chi connectivity index (χ4n) is 5.53. The molecule has 2 aliphatic rings. The maximum Gasteiger partial charge on any atom is 0.163 e. The fraction of sp³-hybridized carbons (Fsp3) is 0.206. The molecule has 1 aliphatic carbocycles. The minimum atomic E-state index is -0.320. The lowest BCUT2D eigenvalue weighted by Gasteiger charge is -2.30. The Balaban J connectivity index is 1.36. The van der Waals surface area contributed by atoms with Crippen molar-refractivity contribution in [1.82, 2.24) is 0 Å². The minimum absolute atomic E-state index is 0.138. The molecule has 5 nitrogen and oxygen atoms in total. The number of Topliss-reactive ketones (excluding diaryl/α,β-unsaturated/α-hetero) is 1. The molecule has 5 heteroatoms. The Morgan fingerprint density at radius 1 is 0.795 bits per heavy atom. The summed E-state index contributed by atoms with van der Waals surface area (Å²) >= 11 is 0. The van der Waals surface area contributed by atoms with Gasteiger partial charge >= 0.3 is 0 Å². The van der Waals surface area contributed by atoms with Gasteiger partial charge in [-0.15, -0.1) is 0 Å². The summed E-state index contributed by atoms with van der Waals surface area (Å²) in [4.78, 5) is 13.9. The van der Waals surface area contributed by atoms with Gasteiger partial charge in [-0.1, -0.05) is 78.4 Å². The van der Waals surface area contributed by atoms with Gasteiger partial charge in [0.15, 0.2) is 17.3 Å².